The molecule has 2 N–H and O–H groups in total. The summed E-state index contributed by atoms with van der Waals surface area (Å²) >= 11 is 2.45. The van der Waals surface area contributed by atoms with E-state index in [-0.39, 0.29) is 22.6 Å². The number of anilines is 1. The Kier molecular flexibility index (Phi) is 6.35. The molecular formula is C14H16N4O2S2. The fourth-order valence-corrected chi connectivity index (χ4v) is 3.09. The van der Waals surface area contributed by atoms with Crippen molar-refractivity contribution in [2.24, 2.45) is 0 Å². The smallest absolute Gasteiger partial charge is 0.286 e. The fourth-order valence-electron chi connectivity index (χ4n) is 1.51. The van der Waals surface area contributed by atoms with Crippen molar-refractivity contribution < 1.29 is 9.59 Å². The summed E-state index contributed by atoms with van der Waals surface area (Å²) in [5.74, 6) is -0.0714. The van der Waals surface area contributed by atoms with Crippen LogP contribution in [0.25, 0.3) is 0 Å². The molecule has 22 heavy (non-hydrogen) atoms. The molecule has 116 valence electrons. The highest BCUT2D eigenvalue weighted by Gasteiger charge is 2.14. The summed E-state index contributed by atoms with van der Waals surface area (Å²) in [5, 5.41) is 13.6. The van der Waals surface area contributed by atoms with E-state index in [1.54, 1.807) is 12.1 Å². The molecule has 0 aliphatic heterocycles. The number of para-hydroxylation sites is 1. The van der Waals surface area contributed by atoms with Crippen LogP contribution in [0.4, 0.5) is 5.69 Å². The van der Waals surface area contributed by atoms with Crippen LogP contribution >= 0.6 is 23.1 Å². The van der Waals surface area contributed by atoms with E-state index in [0.29, 0.717) is 16.6 Å². The number of nitrogens with zero attached hydrogens (tertiary/aromatic N) is 2. The first kappa shape index (κ1) is 16.4. The van der Waals surface area contributed by atoms with Gasteiger partial charge in [-0.05, 0) is 18.6 Å². The topological polar surface area (TPSA) is 84.0 Å². The Labute approximate surface area is 136 Å². The Morgan fingerprint density at radius 3 is 2.73 bits per heavy atom. The number of aromatic nitrogens is 2. The lowest BCUT2D eigenvalue weighted by Gasteiger charge is -2.01. The van der Waals surface area contributed by atoms with Gasteiger partial charge in [-0.1, -0.05) is 48.2 Å². The van der Waals surface area contributed by atoms with Crippen LogP contribution in [-0.2, 0) is 4.79 Å². The molecule has 0 bridgehead atoms. The molecule has 0 atom stereocenters. The molecule has 0 fully saturated rings. The highest BCUT2D eigenvalue weighted by molar-refractivity contribution is 8.01. The van der Waals surface area contributed by atoms with Gasteiger partial charge in [0.2, 0.25) is 10.9 Å². The van der Waals surface area contributed by atoms with Gasteiger partial charge in [0, 0.05) is 12.2 Å². The number of carbonyl (C=O) groups is 2. The summed E-state index contributed by atoms with van der Waals surface area (Å²) in [5.41, 5.74) is 0.704. The van der Waals surface area contributed by atoms with Gasteiger partial charge in [-0.2, -0.15) is 0 Å². The van der Waals surface area contributed by atoms with Crippen molar-refractivity contribution in [1.82, 2.24) is 15.5 Å². The SMILES string of the molecule is CCCNC(=O)CSc1nnc(C(=O)Nc2ccccc2)s1. The predicted octanol–water partition coefficient (Wildman–Crippen LogP) is 2.41. The van der Waals surface area contributed by atoms with E-state index in [4.69, 9.17) is 0 Å². The first-order valence-corrected chi connectivity index (χ1v) is 8.58. The lowest BCUT2D eigenvalue weighted by Crippen LogP contribution is -2.25. The molecule has 2 amide bonds. The first-order chi connectivity index (χ1) is 10.7. The Morgan fingerprint density at radius 1 is 1.23 bits per heavy atom. The van der Waals surface area contributed by atoms with E-state index < -0.39 is 0 Å². The van der Waals surface area contributed by atoms with E-state index in [1.807, 2.05) is 25.1 Å². The summed E-state index contributed by atoms with van der Waals surface area (Å²) in [4.78, 5) is 23.5. The standard InChI is InChI=1S/C14H16N4O2S2/c1-2-8-15-11(19)9-21-14-18-17-13(22-14)12(20)16-10-6-4-3-5-7-10/h3-7H,2,8-9H2,1H3,(H,15,19)(H,16,20). The monoisotopic (exact) mass is 336 g/mol. The highest BCUT2D eigenvalue weighted by Crippen LogP contribution is 2.22. The summed E-state index contributed by atoms with van der Waals surface area (Å²) in [7, 11) is 0. The van der Waals surface area contributed by atoms with Crippen molar-refractivity contribution in [3.8, 4) is 0 Å². The van der Waals surface area contributed by atoms with E-state index in [2.05, 4.69) is 20.8 Å². The Hall–Kier alpha value is -1.93. The van der Waals surface area contributed by atoms with Crippen LogP contribution in [-0.4, -0.2) is 34.3 Å². The van der Waals surface area contributed by atoms with Crippen molar-refractivity contribution in [2.45, 2.75) is 17.7 Å². The van der Waals surface area contributed by atoms with E-state index in [1.165, 1.54) is 23.1 Å². The third kappa shape index (κ3) is 5.12. The summed E-state index contributed by atoms with van der Waals surface area (Å²) in [6, 6.07) is 9.15. The van der Waals surface area contributed by atoms with Crippen molar-refractivity contribution in [1.29, 1.82) is 0 Å². The lowest BCUT2D eigenvalue weighted by atomic mass is 10.3. The Morgan fingerprint density at radius 2 is 2.00 bits per heavy atom. The van der Waals surface area contributed by atoms with Gasteiger partial charge in [0.25, 0.3) is 5.91 Å². The van der Waals surface area contributed by atoms with E-state index in [9.17, 15) is 9.59 Å². The first-order valence-electron chi connectivity index (χ1n) is 6.78. The molecule has 1 heterocycles. The molecule has 1 aromatic carbocycles. The van der Waals surface area contributed by atoms with Crippen LogP contribution in [0.1, 0.15) is 23.1 Å². The molecule has 0 aliphatic rings. The number of benzene rings is 1. The van der Waals surface area contributed by atoms with Gasteiger partial charge in [0.1, 0.15) is 0 Å². The average Bonchev–Trinajstić information content (AvgIpc) is 3.01. The zero-order valence-corrected chi connectivity index (χ0v) is 13.7. The van der Waals surface area contributed by atoms with Crippen LogP contribution in [0.15, 0.2) is 34.7 Å². The minimum Gasteiger partial charge on any atom is -0.355 e. The second-order valence-corrected chi connectivity index (χ2v) is 6.53. The molecule has 2 rings (SSSR count). The zero-order chi connectivity index (χ0) is 15.8. The van der Waals surface area contributed by atoms with Crippen molar-refractivity contribution in [2.75, 3.05) is 17.6 Å². The van der Waals surface area contributed by atoms with Gasteiger partial charge in [-0.25, -0.2) is 0 Å². The second kappa shape index (κ2) is 8.50. The maximum Gasteiger partial charge on any atom is 0.286 e. The zero-order valence-electron chi connectivity index (χ0n) is 12.0. The normalized spacial score (nSPS) is 10.2. The van der Waals surface area contributed by atoms with Gasteiger partial charge in [0.05, 0.1) is 5.75 Å². The van der Waals surface area contributed by atoms with E-state index in [0.717, 1.165) is 6.42 Å². The molecular weight excluding hydrogens is 320 g/mol. The maximum absolute atomic E-state index is 12.0. The number of hydrogen-bond acceptors (Lipinski definition) is 6. The number of nitrogens with one attached hydrogen (secondary N) is 2. The number of hydrogen-bond donors (Lipinski definition) is 2. The number of amides is 2. The largest absolute Gasteiger partial charge is 0.355 e. The lowest BCUT2D eigenvalue weighted by molar-refractivity contribution is -0.118. The predicted molar refractivity (Wildman–Crippen MR) is 88.3 cm³/mol. The van der Waals surface area contributed by atoms with Gasteiger partial charge in [0.15, 0.2) is 4.34 Å². The molecule has 8 heteroatoms. The minimum absolute atomic E-state index is 0.0441. The minimum atomic E-state index is -0.300. The summed E-state index contributed by atoms with van der Waals surface area (Å²) in [6.07, 6.45) is 0.902. The highest BCUT2D eigenvalue weighted by atomic mass is 32.2. The maximum atomic E-state index is 12.0. The quantitative estimate of drug-likeness (QED) is 0.759. The molecule has 2 aromatic rings. The van der Waals surface area contributed by atoms with E-state index >= 15 is 0 Å². The number of rotatable bonds is 7. The molecule has 0 spiro atoms. The second-order valence-electron chi connectivity index (χ2n) is 4.33. The summed E-state index contributed by atoms with van der Waals surface area (Å²) in [6.45, 7) is 2.66. The van der Waals surface area contributed by atoms with Crippen molar-refractivity contribution >= 4 is 40.6 Å². The van der Waals surface area contributed by atoms with Crippen LogP contribution < -0.4 is 10.6 Å². The third-order valence-corrected chi connectivity index (χ3v) is 4.59. The fraction of sp³-hybridized carbons (Fsp3) is 0.286. The molecule has 6 nitrogen and oxygen atoms in total. The molecule has 0 aliphatic carbocycles. The molecule has 1 aromatic heterocycles. The van der Waals surface area contributed by atoms with Crippen LogP contribution in [0.5, 0.6) is 0 Å². The van der Waals surface area contributed by atoms with Gasteiger partial charge in [-0.15, -0.1) is 10.2 Å². The van der Waals surface area contributed by atoms with Crippen LogP contribution in [0.3, 0.4) is 0 Å². The molecule has 0 radical (unpaired) electrons. The Balaban J connectivity index is 1.85. The number of carbonyl (C=O) groups excluding carboxylic acids is 2. The average molecular weight is 336 g/mol. The summed E-state index contributed by atoms with van der Waals surface area (Å²) < 4.78 is 0.602. The van der Waals surface area contributed by atoms with Gasteiger partial charge in [-0.3, -0.25) is 9.59 Å². The van der Waals surface area contributed by atoms with Crippen molar-refractivity contribution in [3.05, 3.63) is 35.3 Å². The van der Waals surface area contributed by atoms with Gasteiger partial charge < -0.3 is 10.6 Å². The third-order valence-electron chi connectivity index (χ3n) is 2.53. The number of thioether (sulfide) groups is 1. The van der Waals surface area contributed by atoms with Crippen LogP contribution in [0, 0.1) is 0 Å². The van der Waals surface area contributed by atoms with Gasteiger partial charge >= 0.3 is 0 Å². The molecule has 0 saturated heterocycles. The molecule has 0 unspecified atom stereocenters. The molecule has 0 saturated carbocycles. The Bertz CT molecular complexity index is 631. The van der Waals surface area contributed by atoms with Crippen LogP contribution in [0.2, 0.25) is 0 Å². The van der Waals surface area contributed by atoms with Crippen molar-refractivity contribution in [3.63, 3.8) is 0 Å².